The van der Waals surface area contributed by atoms with Gasteiger partial charge in [-0.05, 0) is 12.0 Å². The van der Waals surface area contributed by atoms with Crippen molar-refractivity contribution in [2.45, 2.75) is 6.92 Å². The fourth-order valence-corrected chi connectivity index (χ4v) is 2.17. The Morgan fingerprint density at radius 1 is 1.44 bits per heavy atom. The number of hydrogen-bond acceptors (Lipinski definition) is 3. The van der Waals surface area contributed by atoms with Crippen molar-refractivity contribution in [2.75, 3.05) is 13.1 Å². The zero-order chi connectivity index (χ0) is 13.3. The standard InChI is InChI=1S/C12H13FN2O3/c1-7-5-15(6-10(7)12(17)18)11(16)8-2-9(13)4-14-3-8/h2-4,7,10H,5-6H2,1H3,(H,17,18)/t7-,10-/m1/s1. The SMILES string of the molecule is C[C@@H]1CN(C(=O)c2cncc(F)c2)C[C@H]1C(=O)O. The van der Waals surface area contributed by atoms with Crippen LogP contribution in [0.25, 0.3) is 0 Å². The number of hydrogen-bond donors (Lipinski definition) is 1. The number of rotatable bonds is 2. The van der Waals surface area contributed by atoms with Gasteiger partial charge < -0.3 is 10.0 Å². The van der Waals surface area contributed by atoms with Gasteiger partial charge in [0.05, 0.1) is 17.7 Å². The fraction of sp³-hybridized carbons (Fsp3) is 0.417. The normalized spacial score (nSPS) is 23.1. The van der Waals surface area contributed by atoms with Crippen LogP contribution in [0.3, 0.4) is 0 Å². The number of likely N-dealkylation sites (tertiary alicyclic amines) is 1. The Kier molecular flexibility index (Phi) is 3.27. The summed E-state index contributed by atoms with van der Waals surface area (Å²) < 4.78 is 13.0. The molecule has 0 radical (unpaired) electrons. The molecule has 0 spiro atoms. The van der Waals surface area contributed by atoms with Crippen molar-refractivity contribution in [2.24, 2.45) is 11.8 Å². The Labute approximate surface area is 103 Å². The van der Waals surface area contributed by atoms with Gasteiger partial charge in [-0.25, -0.2) is 4.39 Å². The van der Waals surface area contributed by atoms with E-state index >= 15 is 0 Å². The Balaban J connectivity index is 2.14. The maximum absolute atomic E-state index is 13.0. The van der Waals surface area contributed by atoms with Crippen molar-refractivity contribution in [3.05, 3.63) is 29.8 Å². The minimum atomic E-state index is -0.907. The van der Waals surface area contributed by atoms with E-state index in [0.29, 0.717) is 6.54 Å². The molecule has 2 atom stereocenters. The summed E-state index contributed by atoms with van der Waals surface area (Å²) in [6.07, 6.45) is 2.30. The van der Waals surface area contributed by atoms with Crippen LogP contribution in [0.1, 0.15) is 17.3 Å². The van der Waals surface area contributed by atoms with Gasteiger partial charge >= 0.3 is 5.97 Å². The van der Waals surface area contributed by atoms with Gasteiger partial charge in [0.15, 0.2) is 0 Å². The van der Waals surface area contributed by atoms with Crippen LogP contribution < -0.4 is 0 Å². The molecule has 0 unspecified atom stereocenters. The lowest BCUT2D eigenvalue weighted by Crippen LogP contribution is -2.30. The molecule has 0 bridgehead atoms. The maximum Gasteiger partial charge on any atom is 0.308 e. The van der Waals surface area contributed by atoms with Crippen molar-refractivity contribution in [3.63, 3.8) is 0 Å². The quantitative estimate of drug-likeness (QED) is 0.852. The minimum absolute atomic E-state index is 0.104. The molecule has 1 amide bonds. The highest BCUT2D eigenvalue weighted by molar-refractivity contribution is 5.94. The summed E-state index contributed by atoms with van der Waals surface area (Å²) in [6, 6.07) is 1.11. The van der Waals surface area contributed by atoms with Gasteiger partial charge in [0.25, 0.3) is 5.91 Å². The van der Waals surface area contributed by atoms with E-state index in [1.165, 1.54) is 11.1 Å². The molecule has 2 rings (SSSR count). The number of aliphatic carboxylic acids is 1. The number of halogens is 1. The Morgan fingerprint density at radius 3 is 2.72 bits per heavy atom. The summed E-state index contributed by atoms with van der Waals surface area (Å²) >= 11 is 0. The van der Waals surface area contributed by atoms with Crippen molar-refractivity contribution < 1.29 is 19.1 Å². The highest BCUT2D eigenvalue weighted by atomic mass is 19.1. The molecule has 1 N–H and O–H groups in total. The molecule has 0 saturated carbocycles. The summed E-state index contributed by atoms with van der Waals surface area (Å²) in [6.45, 7) is 2.31. The maximum atomic E-state index is 13.0. The van der Waals surface area contributed by atoms with Gasteiger partial charge in [-0.15, -0.1) is 0 Å². The van der Waals surface area contributed by atoms with Crippen LogP contribution in [0.5, 0.6) is 0 Å². The van der Waals surface area contributed by atoms with Gasteiger partial charge in [-0.1, -0.05) is 6.92 Å². The smallest absolute Gasteiger partial charge is 0.308 e. The van der Waals surface area contributed by atoms with E-state index < -0.39 is 17.7 Å². The molecule has 96 valence electrons. The first-order chi connectivity index (χ1) is 8.49. The van der Waals surface area contributed by atoms with Crippen LogP contribution in [0.2, 0.25) is 0 Å². The molecular weight excluding hydrogens is 239 g/mol. The molecule has 0 aromatic carbocycles. The lowest BCUT2D eigenvalue weighted by molar-refractivity contribution is -0.142. The summed E-state index contributed by atoms with van der Waals surface area (Å²) in [5, 5.41) is 8.99. The number of pyridine rings is 1. The highest BCUT2D eigenvalue weighted by Gasteiger charge is 2.37. The van der Waals surface area contributed by atoms with Crippen LogP contribution in [0.4, 0.5) is 4.39 Å². The van der Waals surface area contributed by atoms with E-state index in [1.54, 1.807) is 6.92 Å². The van der Waals surface area contributed by atoms with Crippen molar-refractivity contribution in [1.82, 2.24) is 9.88 Å². The van der Waals surface area contributed by atoms with E-state index in [4.69, 9.17) is 5.11 Å². The molecule has 1 aromatic rings. The summed E-state index contributed by atoms with van der Waals surface area (Å²) in [7, 11) is 0. The van der Waals surface area contributed by atoms with Crippen LogP contribution in [0, 0.1) is 17.7 Å². The van der Waals surface area contributed by atoms with Crippen LogP contribution in [0.15, 0.2) is 18.5 Å². The van der Waals surface area contributed by atoms with Crippen molar-refractivity contribution in [1.29, 1.82) is 0 Å². The number of carbonyl (C=O) groups excluding carboxylic acids is 1. The number of carboxylic acids is 1. The van der Waals surface area contributed by atoms with Gasteiger partial charge in [0.1, 0.15) is 5.82 Å². The zero-order valence-electron chi connectivity index (χ0n) is 9.84. The zero-order valence-corrected chi connectivity index (χ0v) is 9.84. The fourth-order valence-electron chi connectivity index (χ4n) is 2.17. The van der Waals surface area contributed by atoms with Gasteiger partial charge in [0.2, 0.25) is 0 Å². The Bertz CT molecular complexity index is 492. The average molecular weight is 252 g/mol. The number of aromatic nitrogens is 1. The minimum Gasteiger partial charge on any atom is -0.481 e. The number of carbonyl (C=O) groups is 2. The third-order valence-corrected chi connectivity index (χ3v) is 3.17. The molecule has 0 aliphatic carbocycles. The predicted molar refractivity (Wildman–Crippen MR) is 60.4 cm³/mol. The van der Waals surface area contributed by atoms with Crippen LogP contribution >= 0.6 is 0 Å². The van der Waals surface area contributed by atoms with Crippen molar-refractivity contribution >= 4 is 11.9 Å². The molecule has 5 nitrogen and oxygen atoms in total. The largest absolute Gasteiger partial charge is 0.481 e. The average Bonchev–Trinajstić information content (AvgIpc) is 2.70. The second-order valence-corrected chi connectivity index (χ2v) is 4.52. The molecule has 1 aliphatic heterocycles. The first-order valence-electron chi connectivity index (χ1n) is 5.61. The van der Waals surface area contributed by atoms with Gasteiger partial charge in [-0.3, -0.25) is 14.6 Å². The molecule has 1 saturated heterocycles. The molecule has 6 heteroatoms. The third kappa shape index (κ3) is 2.32. The second-order valence-electron chi connectivity index (χ2n) is 4.52. The summed E-state index contributed by atoms with van der Waals surface area (Å²) in [5.41, 5.74) is 0.147. The first-order valence-corrected chi connectivity index (χ1v) is 5.61. The molecule has 18 heavy (non-hydrogen) atoms. The van der Waals surface area contributed by atoms with Gasteiger partial charge in [-0.2, -0.15) is 0 Å². The second kappa shape index (κ2) is 4.72. The monoisotopic (exact) mass is 252 g/mol. The van der Waals surface area contributed by atoms with Crippen LogP contribution in [-0.2, 0) is 4.79 Å². The summed E-state index contributed by atoms with van der Waals surface area (Å²) in [4.78, 5) is 28.0. The number of nitrogens with zero attached hydrogens (tertiary/aromatic N) is 2. The topological polar surface area (TPSA) is 70.5 Å². The van der Waals surface area contributed by atoms with E-state index in [9.17, 15) is 14.0 Å². The van der Waals surface area contributed by atoms with Crippen LogP contribution in [-0.4, -0.2) is 40.0 Å². The highest BCUT2D eigenvalue weighted by Crippen LogP contribution is 2.24. The van der Waals surface area contributed by atoms with E-state index in [-0.39, 0.29) is 23.9 Å². The Hall–Kier alpha value is -1.98. The van der Waals surface area contributed by atoms with Crippen molar-refractivity contribution in [3.8, 4) is 0 Å². The molecule has 2 heterocycles. The van der Waals surface area contributed by atoms with E-state index in [2.05, 4.69) is 4.98 Å². The first kappa shape index (κ1) is 12.5. The lowest BCUT2D eigenvalue weighted by atomic mass is 9.99. The molecule has 1 aliphatic rings. The van der Waals surface area contributed by atoms with E-state index in [1.807, 2.05) is 0 Å². The predicted octanol–water partition coefficient (Wildman–Crippen LogP) is 1.01. The van der Waals surface area contributed by atoms with Gasteiger partial charge in [0, 0.05) is 19.3 Å². The number of amides is 1. The lowest BCUT2D eigenvalue weighted by Gasteiger charge is -2.15. The van der Waals surface area contributed by atoms with E-state index in [0.717, 1.165) is 12.3 Å². The third-order valence-electron chi connectivity index (χ3n) is 3.17. The molecule has 1 fully saturated rings. The molecular formula is C12H13FN2O3. The number of carboxylic acid groups (broad SMARTS) is 1. The Morgan fingerprint density at radius 2 is 2.17 bits per heavy atom. The molecule has 1 aromatic heterocycles. The summed E-state index contributed by atoms with van der Waals surface area (Å²) in [5.74, 6) is -2.53.